The second kappa shape index (κ2) is 9.08. The SMILES string of the molecule is COc1ccc(NC(=O)c2ccc3n2CCN(C(=O)Cc2ccc(C)cc2)CC3)cc1. The Morgan fingerprint density at radius 2 is 1.68 bits per heavy atom. The van der Waals surface area contributed by atoms with Gasteiger partial charge in [0.15, 0.2) is 0 Å². The van der Waals surface area contributed by atoms with Crippen LogP contribution in [0.5, 0.6) is 5.75 Å². The topological polar surface area (TPSA) is 63.6 Å². The molecule has 0 radical (unpaired) electrons. The summed E-state index contributed by atoms with van der Waals surface area (Å²) in [4.78, 5) is 27.6. The van der Waals surface area contributed by atoms with E-state index in [2.05, 4.69) is 5.32 Å². The van der Waals surface area contributed by atoms with E-state index in [9.17, 15) is 9.59 Å². The molecule has 0 fully saturated rings. The molecule has 2 heterocycles. The first-order valence-corrected chi connectivity index (χ1v) is 10.5. The first kappa shape index (κ1) is 20.7. The number of hydrogen-bond acceptors (Lipinski definition) is 3. The van der Waals surface area contributed by atoms with Gasteiger partial charge in [0.2, 0.25) is 5.91 Å². The molecule has 0 saturated heterocycles. The fourth-order valence-corrected chi connectivity index (χ4v) is 3.88. The Kier molecular flexibility index (Phi) is 6.07. The van der Waals surface area contributed by atoms with Crippen LogP contribution in [0.15, 0.2) is 60.7 Å². The highest BCUT2D eigenvalue weighted by molar-refractivity contribution is 6.03. The number of carbonyl (C=O) groups is 2. The van der Waals surface area contributed by atoms with Gasteiger partial charge in [-0.25, -0.2) is 0 Å². The van der Waals surface area contributed by atoms with E-state index in [0.29, 0.717) is 37.4 Å². The van der Waals surface area contributed by atoms with E-state index in [1.165, 1.54) is 5.56 Å². The summed E-state index contributed by atoms with van der Waals surface area (Å²) < 4.78 is 7.18. The minimum absolute atomic E-state index is 0.124. The van der Waals surface area contributed by atoms with Crippen molar-refractivity contribution in [3.05, 3.63) is 83.2 Å². The molecule has 1 N–H and O–H groups in total. The summed E-state index contributed by atoms with van der Waals surface area (Å²) in [5.41, 5.74) is 4.61. The fourth-order valence-electron chi connectivity index (χ4n) is 3.88. The normalized spacial score (nSPS) is 13.3. The van der Waals surface area contributed by atoms with Crippen LogP contribution in [-0.4, -0.2) is 41.5 Å². The average Bonchev–Trinajstić information content (AvgIpc) is 3.07. The molecular formula is C25H27N3O3. The quantitative estimate of drug-likeness (QED) is 0.689. The van der Waals surface area contributed by atoms with Gasteiger partial charge in [0.25, 0.3) is 5.91 Å². The maximum Gasteiger partial charge on any atom is 0.272 e. The van der Waals surface area contributed by atoms with Gasteiger partial charge in [0.05, 0.1) is 13.5 Å². The van der Waals surface area contributed by atoms with Crippen molar-refractivity contribution in [1.29, 1.82) is 0 Å². The van der Waals surface area contributed by atoms with E-state index in [1.54, 1.807) is 7.11 Å². The van der Waals surface area contributed by atoms with Crippen LogP contribution in [0, 0.1) is 6.92 Å². The smallest absolute Gasteiger partial charge is 0.272 e. The molecule has 0 bridgehead atoms. The molecule has 1 aliphatic rings. The van der Waals surface area contributed by atoms with E-state index < -0.39 is 0 Å². The lowest BCUT2D eigenvalue weighted by atomic mass is 10.1. The molecule has 4 rings (SSSR count). The molecule has 160 valence electrons. The van der Waals surface area contributed by atoms with E-state index in [0.717, 1.165) is 23.4 Å². The van der Waals surface area contributed by atoms with Crippen molar-refractivity contribution >= 4 is 17.5 Å². The first-order valence-electron chi connectivity index (χ1n) is 10.5. The van der Waals surface area contributed by atoms with Crippen molar-refractivity contribution in [2.75, 3.05) is 25.5 Å². The minimum atomic E-state index is -0.157. The van der Waals surface area contributed by atoms with Crippen molar-refractivity contribution in [1.82, 2.24) is 9.47 Å². The summed E-state index contributed by atoms with van der Waals surface area (Å²) in [5.74, 6) is 0.708. The number of amides is 2. The Balaban J connectivity index is 1.41. The third-order valence-corrected chi connectivity index (χ3v) is 5.71. The molecule has 2 amide bonds. The predicted octanol–water partition coefficient (Wildman–Crippen LogP) is 3.68. The summed E-state index contributed by atoms with van der Waals surface area (Å²) in [6.07, 6.45) is 1.13. The Labute approximate surface area is 182 Å². The van der Waals surface area contributed by atoms with Crippen LogP contribution in [0.3, 0.4) is 0 Å². The highest BCUT2D eigenvalue weighted by atomic mass is 16.5. The standard InChI is InChI=1S/C25H27N3O3/c1-18-3-5-19(6-4-18)17-24(29)27-14-13-21-9-12-23(28(21)16-15-27)25(30)26-20-7-10-22(31-2)11-8-20/h3-12H,13-17H2,1-2H3,(H,26,30). The van der Waals surface area contributed by atoms with Crippen LogP contribution < -0.4 is 10.1 Å². The second-order valence-electron chi connectivity index (χ2n) is 7.84. The molecule has 0 aliphatic carbocycles. The lowest BCUT2D eigenvalue weighted by Gasteiger charge is -2.20. The molecule has 0 saturated carbocycles. The molecule has 1 aromatic heterocycles. The van der Waals surface area contributed by atoms with Gasteiger partial charge in [-0.05, 0) is 48.9 Å². The van der Waals surface area contributed by atoms with Crippen molar-refractivity contribution in [3.8, 4) is 5.75 Å². The van der Waals surface area contributed by atoms with Gasteiger partial charge in [-0.1, -0.05) is 29.8 Å². The number of ether oxygens (including phenoxy) is 1. The van der Waals surface area contributed by atoms with Gasteiger partial charge in [0.1, 0.15) is 11.4 Å². The minimum Gasteiger partial charge on any atom is -0.497 e. The van der Waals surface area contributed by atoms with E-state index in [-0.39, 0.29) is 11.8 Å². The zero-order valence-corrected chi connectivity index (χ0v) is 17.9. The molecule has 2 aromatic carbocycles. The van der Waals surface area contributed by atoms with Crippen molar-refractivity contribution in [2.45, 2.75) is 26.3 Å². The molecule has 0 spiro atoms. The summed E-state index contributed by atoms with van der Waals surface area (Å²) in [6, 6.07) is 19.2. The van der Waals surface area contributed by atoms with Gasteiger partial charge in [-0.3, -0.25) is 9.59 Å². The second-order valence-corrected chi connectivity index (χ2v) is 7.84. The average molecular weight is 418 g/mol. The molecular weight excluding hydrogens is 390 g/mol. The molecule has 0 atom stereocenters. The number of fused-ring (bicyclic) bond motifs is 1. The van der Waals surface area contributed by atoms with Crippen LogP contribution in [0.2, 0.25) is 0 Å². The highest BCUT2D eigenvalue weighted by Crippen LogP contribution is 2.19. The Morgan fingerprint density at radius 1 is 0.935 bits per heavy atom. The van der Waals surface area contributed by atoms with Gasteiger partial charge < -0.3 is 19.5 Å². The van der Waals surface area contributed by atoms with E-state index in [4.69, 9.17) is 4.74 Å². The third-order valence-electron chi connectivity index (χ3n) is 5.71. The van der Waals surface area contributed by atoms with Crippen LogP contribution in [-0.2, 0) is 24.2 Å². The number of nitrogens with one attached hydrogen (secondary N) is 1. The Hall–Kier alpha value is -3.54. The van der Waals surface area contributed by atoms with Crippen LogP contribution in [0.1, 0.15) is 27.3 Å². The van der Waals surface area contributed by atoms with Crippen molar-refractivity contribution in [2.24, 2.45) is 0 Å². The molecule has 0 unspecified atom stereocenters. The number of aryl methyl sites for hydroxylation is 1. The third kappa shape index (κ3) is 4.79. The van der Waals surface area contributed by atoms with Crippen LogP contribution >= 0.6 is 0 Å². The highest BCUT2D eigenvalue weighted by Gasteiger charge is 2.22. The fraction of sp³-hybridized carbons (Fsp3) is 0.280. The number of carbonyl (C=O) groups excluding carboxylic acids is 2. The summed E-state index contributed by atoms with van der Waals surface area (Å²) in [6.45, 7) is 3.90. The summed E-state index contributed by atoms with van der Waals surface area (Å²) in [5, 5.41) is 2.94. The maximum absolute atomic E-state index is 12.9. The number of hydrogen-bond donors (Lipinski definition) is 1. The number of rotatable bonds is 5. The monoisotopic (exact) mass is 417 g/mol. The Morgan fingerprint density at radius 3 is 2.39 bits per heavy atom. The lowest BCUT2D eigenvalue weighted by Crippen LogP contribution is -2.35. The predicted molar refractivity (Wildman–Crippen MR) is 121 cm³/mol. The largest absolute Gasteiger partial charge is 0.497 e. The summed E-state index contributed by atoms with van der Waals surface area (Å²) >= 11 is 0. The van der Waals surface area contributed by atoms with Crippen molar-refractivity contribution in [3.63, 3.8) is 0 Å². The zero-order chi connectivity index (χ0) is 21.8. The van der Waals surface area contributed by atoms with Gasteiger partial charge in [-0.15, -0.1) is 0 Å². The van der Waals surface area contributed by atoms with E-state index in [1.807, 2.05) is 77.1 Å². The molecule has 6 nitrogen and oxygen atoms in total. The molecule has 3 aromatic rings. The molecule has 6 heteroatoms. The number of anilines is 1. The maximum atomic E-state index is 12.9. The number of nitrogens with zero attached hydrogens (tertiary/aromatic N) is 2. The lowest BCUT2D eigenvalue weighted by molar-refractivity contribution is -0.130. The van der Waals surface area contributed by atoms with Gasteiger partial charge >= 0.3 is 0 Å². The van der Waals surface area contributed by atoms with Gasteiger partial charge in [0, 0.05) is 37.4 Å². The number of aromatic nitrogens is 1. The summed E-state index contributed by atoms with van der Waals surface area (Å²) in [7, 11) is 1.61. The van der Waals surface area contributed by atoms with E-state index >= 15 is 0 Å². The van der Waals surface area contributed by atoms with Gasteiger partial charge in [-0.2, -0.15) is 0 Å². The van der Waals surface area contributed by atoms with Crippen LogP contribution in [0.4, 0.5) is 5.69 Å². The number of benzene rings is 2. The van der Waals surface area contributed by atoms with Crippen molar-refractivity contribution < 1.29 is 14.3 Å². The Bertz CT molecular complexity index is 1070. The molecule has 31 heavy (non-hydrogen) atoms. The van der Waals surface area contributed by atoms with Crippen LogP contribution in [0.25, 0.3) is 0 Å². The number of methoxy groups -OCH3 is 1. The first-order chi connectivity index (χ1) is 15.0. The molecule has 1 aliphatic heterocycles. The zero-order valence-electron chi connectivity index (χ0n) is 17.9.